The van der Waals surface area contributed by atoms with Gasteiger partial charge in [0.15, 0.2) is 0 Å². The molecule has 1 amide bonds. The van der Waals surface area contributed by atoms with Gasteiger partial charge in [-0.2, -0.15) is 0 Å². The van der Waals surface area contributed by atoms with Gasteiger partial charge < -0.3 is 15.1 Å². The van der Waals surface area contributed by atoms with E-state index in [9.17, 15) is 4.79 Å². The van der Waals surface area contributed by atoms with Crippen LogP contribution in [0.5, 0.6) is 0 Å². The van der Waals surface area contributed by atoms with E-state index >= 15 is 0 Å². The van der Waals surface area contributed by atoms with Crippen molar-refractivity contribution in [3.8, 4) is 0 Å². The third-order valence-electron chi connectivity index (χ3n) is 3.63. The smallest absolute Gasteiger partial charge is 0.270 e. The predicted octanol–water partition coefficient (Wildman–Crippen LogP) is 3.23. The molecule has 3 aromatic rings. The first kappa shape index (κ1) is 16.7. The van der Waals surface area contributed by atoms with Gasteiger partial charge in [0.1, 0.15) is 23.1 Å². The Balaban J connectivity index is 1.65. The van der Waals surface area contributed by atoms with E-state index < -0.39 is 0 Å². The van der Waals surface area contributed by atoms with Crippen LogP contribution in [-0.4, -0.2) is 15.9 Å². The van der Waals surface area contributed by atoms with Crippen LogP contribution in [-0.2, 0) is 13.1 Å². The van der Waals surface area contributed by atoms with Crippen molar-refractivity contribution in [3.63, 3.8) is 0 Å². The van der Waals surface area contributed by atoms with E-state index in [1.54, 1.807) is 19.3 Å². The van der Waals surface area contributed by atoms with Crippen LogP contribution >= 0.6 is 0 Å². The number of nitrogens with one attached hydrogen (secondary N) is 2. The Morgan fingerprint density at radius 1 is 1.08 bits per heavy atom. The molecule has 2 aromatic heterocycles. The minimum Gasteiger partial charge on any atom is -0.467 e. The van der Waals surface area contributed by atoms with Crippen LogP contribution in [0.1, 0.15) is 33.2 Å². The van der Waals surface area contributed by atoms with Crippen molar-refractivity contribution in [2.24, 2.45) is 0 Å². The van der Waals surface area contributed by atoms with Crippen molar-refractivity contribution < 1.29 is 9.21 Å². The van der Waals surface area contributed by atoms with Crippen molar-refractivity contribution in [1.29, 1.82) is 0 Å². The summed E-state index contributed by atoms with van der Waals surface area (Å²) in [7, 11) is 0. The van der Waals surface area contributed by atoms with Crippen LogP contribution in [0, 0.1) is 13.8 Å². The first-order chi connectivity index (χ1) is 12.1. The molecule has 0 unspecified atom stereocenters. The minimum absolute atomic E-state index is 0.229. The summed E-state index contributed by atoms with van der Waals surface area (Å²) in [6.07, 6.45) is 1.62. The molecule has 25 heavy (non-hydrogen) atoms. The molecule has 3 rings (SSSR count). The van der Waals surface area contributed by atoms with E-state index in [0.29, 0.717) is 30.4 Å². The highest BCUT2D eigenvalue weighted by Gasteiger charge is 2.10. The Morgan fingerprint density at radius 2 is 1.96 bits per heavy atom. The summed E-state index contributed by atoms with van der Waals surface area (Å²) >= 11 is 0. The largest absolute Gasteiger partial charge is 0.467 e. The minimum atomic E-state index is -0.229. The number of benzene rings is 1. The standard InChI is InChI=1S/C19H20N4O2/c1-13-5-3-6-15(9-13)11-21-19(24)17-10-18(23-14(2)22-17)20-12-16-7-4-8-25-16/h3-10H,11-12H2,1-2H3,(H,21,24)(H,20,22,23). The maximum Gasteiger partial charge on any atom is 0.270 e. The Bertz CT molecular complexity index is 860. The summed E-state index contributed by atoms with van der Waals surface area (Å²) in [6.45, 7) is 4.73. The predicted molar refractivity (Wildman–Crippen MR) is 95.2 cm³/mol. The number of amides is 1. The molecular weight excluding hydrogens is 316 g/mol. The molecule has 0 spiro atoms. The van der Waals surface area contributed by atoms with Crippen molar-refractivity contribution in [1.82, 2.24) is 15.3 Å². The van der Waals surface area contributed by atoms with E-state index in [0.717, 1.165) is 16.9 Å². The third-order valence-corrected chi connectivity index (χ3v) is 3.63. The van der Waals surface area contributed by atoms with E-state index in [1.807, 2.05) is 43.3 Å². The van der Waals surface area contributed by atoms with Gasteiger partial charge in [0.2, 0.25) is 0 Å². The average molecular weight is 336 g/mol. The van der Waals surface area contributed by atoms with Crippen LogP contribution in [0.15, 0.2) is 53.1 Å². The van der Waals surface area contributed by atoms with Crippen LogP contribution in [0.25, 0.3) is 0 Å². The second kappa shape index (κ2) is 7.61. The Labute approximate surface area is 146 Å². The molecule has 6 heteroatoms. The molecule has 0 saturated heterocycles. The van der Waals surface area contributed by atoms with Crippen LogP contribution in [0.4, 0.5) is 5.82 Å². The van der Waals surface area contributed by atoms with Gasteiger partial charge in [0, 0.05) is 12.6 Å². The molecular formula is C19H20N4O2. The Hall–Kier alpha value is -3.15. The lowest BCUT2D eigenvalue weighted by molar-refractivity contribution is 0.0945. The van der Waals surface area contributed by atoms with Crippen LogP contribution < -0.4 is 10.6 Å². The molecule has 2 heterocycles. The first-order valence-corrected chi connectivity index (χ1v) is 8.06. The van der Waals surface area contributed by atoms with E-state index in [2.05, 4.69) is 20.6 Å². The molecule has 1 aromatic carbocycles. The first-order valence-electron chi connectivity index (χ1n) is 8.06. The second-order valence-corrected chi connectivity index (χ2v) is 5.79. The van der Waals surface area contributed by atoms with E-state index in [-0.39, 0.29) is 5.91 Å². The molecule has 0 saturated carbocycles. The summed E-state index contributed by atoms with van der Waals surface area (Å²) in [5.41, 5.74) is 2.55. The highest BCUT2D eigenvalue weighted by Crippen LogP contribution is 2.10. The monoisotopic (exact) mass is 336 g/mol. The molecule has 0 atom stereocenters. The fourth-order valence-corrected chi connectivity index (χ4v) is 2.46. The Morgan fingerprint density at radius 3 is 2.72 bits per heavy atom. The molecule has 0 aliphatic heterocycles. The van der Waals surface area contributed by atoms with E-state index in [4.69, 9.17) is 4.42 Å². The van der Waals surface area contributed by atoms with Crippen LogP contribution in [0.2, 0.25) is 0 Å². The zero-order valence-corrected chi connectivity index (χ0v) is 14.2. The lowest BCUT2D eigenvalue weighted by atomic mass is 10.1. The quantitative estimate of drug-likeness (QED) is 0.722. The van der Waals surface area contributed by atoms with Gasteiger partial charge in [-0.15, -0.1) is 0 Å². The topological polar surface area (TPSA) is 80.0 Å². The number of carbonyl (C=O) groups excluding carboxylic acids is 1. The fourth-order valence-electron chi connectivity index (χ4n) is 2.46. The van der Waals surface area contributed by atoms with Gasteiger partial charge in [-0.3, -0.25) is 4.79 Å². The summed E-state index contributed by atoms with van der Waals surface area (Å²) < 4.78 is 5.28. The number of aryl methyl sites for hydroxylation is 2. The average Bonchev–Trinajstić information content (AvgIpc) is 3.11. The third kappa shape index (κ3) is 4.67. The normalized spacial score (nSPS) is 10.5. The lowest BCUT2D eigenvalue weighted by Gasteiger charge is -2.09. The number of rotatable bonds is 6. The highest BCUT2D eigenvalue weighted by molar-refractivity contribution is 5.92. The van der Waals surface area contributed by atoms with Gasteiger partial charge in [-0.25, -0.2) is 9.97 Å². The summed E-state index contributed by atoms with van der Waals surface area (Å²) in [4.78, 5) is 20.9. The second-order valence-electron chi connectivity index (χ2n) is 5.79. The molecule has 0 aliphatic carbocycles. The molecule has 0 aliphatic rings. The number of hydrogen-bond acceptors (Lipinski definition) is 5. The SMILES string of the molecule is Cc1cccc(CNC(=O)c2cc(NCc3ccco3)nc(C)n2)c1. The summed E-state index contributed by atoms with van der Waals surface area (Å²) in [6, 6.07) is 13.4. The maximum absolute atomic E-state index is 12.4. The molecule has 0 fully saturated rings. The van der Waals surface area contributed by atoms with Gasteiger partial charge in [-0.05, 0) is 31.5 Å². The van der Waals surface area contributed by atoms with Gasteiger partial charge in [-0.1, -0.05) is 29.8 Å². The van der Waals surface area contributed by atoms with Gasteiger partial charge in [0.05, 0.1) is 12.8 Å². The Kier molecular flexibility index (Phi) is 5.09. The highest BCUT2D eigenvalue weighted by atomic mass is 16.3. The van der Waals surface area contributed by atoms with Crippen molar-refractivity contribution >= 4 is 11.7 Å². The zero-order chi connectivity index (χ0) is 17.6. The molecule has 0 bridgehead atoms. The van der Waals surface area contributed by atoms with Crippen molar-refractivity contribution in [3.05, 3.63) is 77.1 Å². The van der Waals surface area contributed by atoms with E-state index in [1.165, 1.54) is 0 Å². The molecule has 128 valence electrons. The van der Waals surface area contributed by atoms with Gasteiger partial charge in [0.25, 0.3) is 5.91 Å². The summed E-state index contributed by atoms with van der Waals surface area (Å²) in [5.74, 6) is 1.68. The van der Waals surface area contributed by atoms with Gasteiger partial charge >= 0.3 is 0 Å². The van der Waals surface area contributed by atoms with Crippen molar-refractivity contribution in [2.75, 3.05) is 5.32 Å². The maximum atomic E-state index is 12.4. The lowest BCUT2D eigenvalue weighted by Crippen LogP contribution is -2.24. The van der Waals surface area contributed by atoms with Crippen LogP contribution in [0.3, 0.4) is 0 Å². The molecule has 0 radical (unpaired) electrons. The molecule has 6 nitrogen and oxygen atoms in total. The van der Waals surface area contributed by atoms with Crippen molar-refractivity contribution in [2.45, 2.75) is 26.9 Å². The molecule has 2 N–H and O–H groups in total. The fraction of sp³-hybridized carbons (Fsp3) is 0.211. The number of hydrogen-bond donors (Lipinski definition) is 2. The summed E-state index contributed by atoms with van der Waals surface area (Å²) in [5, 5.41) is 6.03. The number of furan rings is 1. The number of anilines is 1. The number of aromatic nitrogens is 2. The number of nitrogens with zero attached hydrogens (tertiary/aromatic N) is 2. The zero-order valence-electron chi connectivity index (χ0n) is 14.2. The number of carbonyl (C=O) groups is 1.